The largest absolute Gasteiger partial charge is 0.357 e. The average Bonchev–Trinajstić information content (AvgIpc) is 2.30. The van der Waals surface area contributed by atoms with Gasteiger partial charge in [-0.05, 0) is 52.9 Å². The molecule has 0 fully saturated rings. The molecule has 0 aromatic carbocycles. The van der Waals surface area contributed by atoms with Crippen LogP contribution < -0.4 is 16.2 Å². The topological polar surface area (TPSA) is 78.9 Å². The van der Waals surface area contributed by atoms with Crippen LogP contribution in [0.3, 0.4) is 0 Å². The quantitative estimate of drug-likeness (QED) is 0.336. The maximum Gasteiger partial charge on any atom is 0.248 e. The van der Waals surface area contributed by atoms with Gasteiger partial charge in [-0.15, -0.1) is 0 Å². The molecule has 0 spiro atoms. The van der Waals surface area contributed by atoms with Gasteiger partial charge in [0.15, 0.2) is 10.3 Å². The Hall–Kier alpha value is -1.41. The highest BCUT2D eigenvalue weighted by Gasteiger charge is 2.11. The van der Waals surface area contributed by atoms with Crippen LogP contribution in [0.1, 0.15) is 32.2 Å². The molecule has 3 N–H and O–H groups in total. The van der Waals surface area contributed by atoms with Gasteiger partial charge in [-0.1, -0.05) is 11.8 Å². The molecule has 0 aliphatic heterocycles. The van der Waals surface area contributed by atoms with Gasteiger partial charge in [0.25, 0.3) is 0 Å². The summed E-state index contributed by atoms with van der Waals surface area (Å²) in [6, 6.07) is 1.89. The summed E-state index contributed by atoms with van der Waals surface area (Å²) >= 11 is 6.35. The molecule has 1 amide bonds. The van der Waals surface area contributed by atoms with Crippen LogP contribution in [0.5, 0.6) is 0 Å². The van der Waals surface area contributed by atoms with Crippen molar-refractivity contribution >= 4 is 35.0 Å². The molecular formula is C13H21N5OS2. The normalized spacial score (nSPS) is 10.9. The number of aromatic nitrogens is 2. The molecule has 6 nitrogen and oxygen atoms in total. The maximum absolute atomic E-state index is 11.7. The predicted octanol–water partition coefficient (Wildman–Crippen LogP) is 1.48. The molecule has 1 heterocycles. The number of aryl methyl sites for hydroxylation is 2. The minimum Gasteiger partial charge on any atom is -0.357 e. The van der Waals surface area contributed by atoms with Gasteiger partial charge in [0, 0.05) is 16.9 Å². The summed E-state index contributed by atoms with van der Waals surface area (Å²) in [6.45, 7) is 9.75. The lowest BCUT2D eigenvalue weighted by atomic mass is 10.1. The van der Waals surface area contributed by atoms with E-state index in [0.717, 1.165) is 11.4 Å². The fraction of sp³-hybridized carbons (Fsp3) is 0.538. The second kappa shape index (κ2) is 7.56. The summed E-state index contributed by atoms with van der Waals surface area (Å²) in [4.78, 5) is 20.2. The van der Waals surface area contributed by atoms with Crippen molar-refractivity contribution in [3.8, 4) is 0 Å². The number of nitrogens with one attached hydrogen (secondary N) is 3. The van der Waals surface area contributed by atoms with Crippen molar-refractivity contribution in [1.29, 1.82) is 0 Å². The van der Waals surface area contributed by atoms with E-state index in [1.807, 2.05) is 40.7 Å². The van der Waals surface area contributed by atoms with Crippen LogP contribution in [0.2, 0.25) is 0 Å². The van der Waals surface area contributed by atoms with Crippen LogP contribution in [0, 0.1) is 13.8 Å². The van der Waals surface area contributed by atoms with Crippen LogP contribution in [-0.2, 0) is 4.79 Å². The lowest BCUT2D eigenvalue weighted by molar-refractivity contribution is -0.119. The van der Waals surface area contributed by atoms with Gasteiger partial charge in [0.05, 0.1) is 5.75 Å². The van der Waals surface area contributed by atoms with Crippen molar-refractivity contribution in [1.82, 2.24) is 26.1 Å². The van der Waals surface area contributed by atoms with E-state index in [0.29, 0.717) is 10.3 Å². The molecular weight excluding hydrogens is 306 g/mol. The zero-order chi connectivity index (χ0) is 16.0. The number of hydrogen-bond donors (Lipinski definition) is 3. The summed E-state index contributed by atoms with van der Waals surface area (Å²) in [5.41, 5.74) is 6.82. The van der Waals surface area contributed by atoms with Crippen LogP contribution in [-0.4, -0.2) is 32.3 Å². The Labute approximate surface area is 134 Å². The lowest BCUT2D eigenvalue weighted by Crippen LogP contribution is -2.52. The first-order valence-electron chi connectivity index (χ1n) is 6.48. The second-order valence-corrected chi connectivity index (χ2v) is 6.95. The smallest absolute Gasteiger partial charge is 0.248 e. The molecule has 0 saturated carbocycles. The third-order valence-corrected chi connectivity index (χ3v) is 3.15. The Bertz CT molecular complexity index is 508. The molecule has 0 aliphatic carbocycles. The van der Waals surface area contributed by atoms with Crippen molar-refractivity contribution in [3.05, 3.63) is 17.5 Å². The molecule has 1 rings (SSSR count). The van der Waals surface area contributed by atoms with E-state index in [-0.39, 0.29) is 17.2 Å². The number of nitrogens with zero attached hydrogens (tertiary/aromatic N) is 2. The SMILES string of the molecule is Cc1cc(C)nc(SCC(=O)NNC(=S)NC(C)(C)C)n1. The van der Waals surface area contributed by atoms with E-state index in [1.165, 1.54) is 11.8 Å². The Balaban J connectivity index is 2.36. The molecule has 1 aromatic heterocycles. The first-order chi connectivity index (χ1) is 9.65. The molecule has 0 atom stereocenters. The van der Waals surface area contributed by atoms with Gasteiger partial charge < -0.3 is 5.32 Å². The molecule has 0 aliphatic rings. The number of amides is 1. The Morgan fingerprint density at radius 3 is 2.33 bits per heavy atom. The van der Waals surface area contributed by atoms with Crippen LogP contribution in [0.25, 0.3) is 0 Å². The Morgan fingerprint density at radius 1 is 1.24 bits per heavy atom. The van der Waals surface area contributed by atoms with Gasteiger partial charge in [-0.3, -0.25) is 15.6 Å². The number of carbonyl (C=O) groups is 1. The number of carbonyl (C=O) groups excluding carboxylic acids is 1. The lowest BCUT2D eigenvalue weighted by Gasteiger charge is -2.23. The number of hydrogen-bond acceptors (Lipinski definition) is 5. The molecule has 0 radical (unpaired) electrons. The molecule has 0 unspecified atom stereocenters. The van der Waals surface area contributed by atoms with E-state index >= 15 is 0 Å². The van der Waals surface area contributed by atoms with Crippen LogP contribution in [0.15, 0.2) is 11.2 Å². The number of rotatable bonds is 3. The summed E-state index contributed by atoms with van der Waals surface area (Å²) in [6.07, 6.45) is 0. The molecule has 8 heteroatoms. The van der Waals surface area contributed by atoms with Gasteiger partial charge in [-0.2, -0.15) is 0 Å². The van der Waals surface area contributed by atoms with Crippen molar-refractivity contribution < 1.29 is 4.79 Å². The second-order valence-electron chi connectivity index (χ2n) is 5.60. The fourth-order valence-corrected chi connectivity index (χ4v) is 2.53. The minimum absolute atomic E-state index is 0.156. The minimum atomic E-state index is -0.194. The highest BCUT2D eigenvalue weighted by atomic mass is 32.2. The van der Waals surface area contributed by atoms with E-state index in [2.05, 4.69) is 26.1 Å². The van der Waals surface area contributed by atoms with E-state index in [4.69, 9.17) is 12.2 Å². The van der Waals surface area contributed by atoms with E-state index in [1.54, 1.807) is 0 Å². The molecule has 21 heavy (non-hydrogen) atoms. The van der Waals surface area contributed by atoms with E-state index < -0.39 is 0 Å². The highest BCUT2D eigenvalue weighted by Crippen LogP contribution is 2.13. The first kappa shape index (κ1) is 17.6. The Morgan fingerprint density at radius 2 is 1.81 bits per heavy atom. The van der Waals surface area contributed by atoms with Gasteiger partial charge in [0.2, 0.25) is 5.91 Å². The maximum atomic E-state index is 11.7. The van der Waals surface area contributed by atoms with Crippen LogP contribution in [0.4, 0.5) is 0 Å². The zero-order valence-corrected chi connectivity index (χ0v) is 14.5. The molecule has 116 valence electrons. The number of hydrazine groups is 1. The molecule has 0 bridgehead atoms. The van der Waals surface area contributed by atoms with Crippen molar-refractivity contribution in [3.63, 3.8) is 0 Å². The third-order valence-electron chi connectivity index (χ3n) is 2.10. The van der Waals surface area contributed by atoms with Gasteiger partial charge in [-0.25, -0.2) is 9.97 Å². The first-order valence-corrected chi connectivity index (χ1v) is 7.87. The predicted molar refractivity (Wildman–Crippen MR) is 89.0 cm³/mol. The molecule has 0 saturated heterocycles. The van der Waals surface area contributed by atoms with E-state index in [9.17, 15) is 4.79 Å². The summed E-state index contributed by atoms with van der Waals surface area (Å²) < 4.78 is 0. The zero-order valence-electron chi connectivity index (χ0n) is 12.9. The monoisotopic (exact) mass is 327 g/mol. The third kappa shape index (κ3) is 7.81. The van der Waals surface area contributed by atoms with Crippen molar-refractivity contribution in [2.24, 2.45) is 0 Å². The van der Waals surface area contributed by atoms with Crippen molar-refractivity contribution in [2.45, 2.75) is 45.3 Å². The molecule has 1 aromatic rings. The standard InChI is InChI=1S/C13H21N5OS2/c1-8-6-9(2)15-12(14-8)21-7-10(19)17-18-11(20)16-13(3,4)5/h6H,7H2,1-5H3,(H,17,19)(H2,16,18,20). The summed E-state index contributed by atoms with van der Waals surface area (Å²) in [5.74, 6) is 0.0226. The fourth-order valence-electron chi connectivity index (χ4n) is 1.42. The van der Waals surface area contributed by atoms with Gasteiger partial charge in [0.1, 0.15) is 0 Å². The van der Waals surface area contributed by atoms with Crippen LogP contribution >= 0.6 is 24.0 Å². The average molecular weight is 327 g/mol. The Kier molecular flexibility index (Phi) is 6.35. The summed E-state index contributed by atoms with van der Waals surface area (Å²) in [5, 5.41) is 4.01. The number of thioether (sulfide) groups is 1. The summed E-state index contributed by atoms with van der Waals surface area (Å²) in [7, 11) is 0. The van der Waals surface area contributed by atoms with Gasteiger partial charge >= 0.3 is 0 Å². The highest BCUT2D eigenvalue weighted by molar-refractivity contribution is 7.99. The number of thiocarbonyl (C=S) groups is 1. The van der Waals surface area contributed by atoms with Crippen molar-refractivity contribution in [2.75, 3.05) is 5.75 Å².